The summed E-state index contributed by atoms with van der Waals surface area (Å²) >= 11 is 0. The number of benzene rings is 1. The standard InChI is InChI=1S/C26H37N5O3/c1-6-30(7-2)25(32)18-12-22-21-10-9-11-23-24(21)19(13-26(22,4)29(5)15-18)16-31(23)17-20(27)14-28-34-33-8-3/h9-12,14,16,18,28H,6-8,13,15,17,27H2,1-5H3/b20-14-/t18-,26-/m1/s1. The topological polar surface area (TPSA) is 85.0 Å². The highest BCUT2D eigenvalue weighted by atomic mass is 17.3. The second-order valence-corrected chi connectivity index (χ2v) is 9.34. The summed E-state index contributed by atoms with van der Waals surface area (Å²) in [5.41, 5.74) is 14.2. The fourth-order valence-corrected chi connectivity index (χ4v) is 5.40. The fraction of sp³-hybridized carbons (Fsp3) is 0.500. The molecule has 1 aromatic carbocycles. The van der Waals surface area contributed by atoms with Gasteiger partial charge in [0.05, 0.1) is 19.1 Å². The number of likely N-dealkylation sites (N-methyl/N-ethyl adjacent to an activating group) is 1. The zero-order valence-corrected chi connectivity index (χ0v) is 20.9. The lowest BCUT2D eigenvalue weighted by atomic mass is 9.71. The van der Waals surface area contributed by atoms with Crippen LogP contribution in [0, 0.1) is 5.92 Å². The Bertz CT molecular complexity index is 1120. The van der Waals surface area contributed by atoms with E-state index in [1.165, 1.54) is 22.1 Å². The van der Waals surface area contributed by atoms with Gasteiger partial charge in [-0.1, -0.05) is 18.2 Å². The molecular formula is C26H37N5O3. The molecule has 34 heavy (non-hydrogen) atoms. The van der Waals surface area contributed by atoms with Crippen molar-refractivity contribution in [2.75, 3.05) is 33.3 Å². The van der Waals surface area contributed by atoms with Gasteiger partial charge in [-0.2, -0.15) is 0 Å². The normalized spacial score (nSPS) is 22.4. The van der Waals surface area contributed by atoms with Crippen LogP contribution >= 0.6 is 0 Å². The van der Waals surface area contributed by atoms with Crippen molar-refractivity contribution in [3.05, 3.63) is 53.5 Å². The van der Waals surface area contributed by atoms with Crippen molar-refractivity contribution in [3.63, 3.8) is 0 Å². The molecule has 0 saturated heterocycles. The first-order valence-corrected chi connectivity index (χ1v) is 12.2. The second-order valence-electron chi connectivity index (χ2n) is 9.34. The number of nitrogens with zero attached hydrogens (tertiary/aromatic N) is 3. The second kappa shape index (κ2) is 9.82. The third-order valence-corrected chi connectivity index (χ3v) is 7.29. The van der Waals surface area contributed by atoms with Gasteiger partial charge >= 0.3 is 0 Å². The van der Waals surface area contributed by atoms with E-state index < -0.39 is 0 Å². The summed E-state index contributed by atoms with van der Waals surface area (Å²) in [5, 5.41) is 1.25. The molecule has 1 amide bonds. The summed E-state index contributed by atoms with van der Waals surface area (Å²) in [4.78, 5) is 27.2. The minimum atomic E-state index is -0.165. The van der Waals surface area contributed by atoms with Gasteiger partial charge in [0.15, 0.2) is 0 Å². The Balaban J connectivity index is 1.72. The Kier molecular flexibility index (Phi) is 7.02. The molecule has 0 saturated carbocycles. The molecule has 1 aliphatic heterocycles. The first-order valence-electron chi connectivity index (χ1n) is 12.2. The summed E-state index contributed by atoms with van der Waals surface area (Å²) in [7, 11) is 2.14. The maximum atomic E-state index is 13.2. The van der Waals surface area contributed by atoms with Gasteiger partial charge in [-0.25, -0.2) is 10.4 Å². The first kappa shape index (κ1) is 24.3. The Morgan fingerprint density at radius 3 is 2.79 bits per heavy atom. The summed E-state index contributed by atoms with van der Waals surface area (Å²) in [5.74, 6) is 0.0727. The smallest absolute Gasteiger partial charge is 0.230 e. The zero-order valence-electron chi connectivity index (χ0n) is 20.9. The average Bonchev–Trinajstić information content (AvgIpc) is 3.16. The maximum Gasteiger partial charge on any atom is 0.230 e. The van der Waals surface area contributed by atoms with E-state index in [-0.39, 0.29) is 17.4 Å². The molecule has 3 N–H and O–H groups in total. The van der Waals surface area contributed by atoms with E-state index in [2.05, 4.69) is 59.4 Å². The van der Waals surface area contributed by atoms with Gasteiger partial charge in [0.1, 0.15) is 0 Å². The van der Waals surface area contributed by atoms with Gasteiger partial charge in [-0.3, -0.25) is 9.69 Å². The molecule has 1 aromatic heterocycles. The van der Waals surface area contributed by atoms with Gasteiger partial charge in [0.25, 0.3) is 0 Å². The van der Waals surface area contributed by atoms with E-state index in [0.717, 1.165) is 31.6 Å². The van der Waals surface area contributed by atoms with Crippen LogP contribution in [-0.2, 0) is 27.6 Å². The molecule has 0 fully saturated rings. The van der Waals surface area contributed by atoms with E-state index in [4.69, 9.17) is 15.6 Å². The molecule has 184 valence electrons. The number of rotatable bonds is 9. The lowest BCUT2D eigenvalue weighted by Crippen LogP contribution is -2.54. The number of nitrogens with one attached hydrogen (secondary N) is 1. The van der Waals surface area contributed by atoms with Crippen LogP contribution < -0.4 is 11.2 Å². The molecule has 2 atom stereocenters. The van der Waals surface area contributed by atoms with Crippen molar-refractivity contribution in [3.8, 4) is 0 Å². The highest BCUT2D eigenvalue weighted by Gasteiger charge is 2.44. The largest absolute Gasteiger partial charge is 0.399 e. The summed E-state index contributed by atoms with van der Waals surface area (Å²) in [6, 6.07) is 6.42. The van der Waals surface area contributed by atoms with Crippen LogP contribution in [0.4, 0.5) is 0 Å². The molecule has 0 bridgehead atoms. The molecule has 8 nitrogen and oxygen atoms in total. The quantitative estimate of drug-likeness (QED) is 0.335. The number of allylic oxidation sites excluding steroid dienone is 1. The Morgan fingerprint density at radius 1 is 1.32 bits per heavy atom. The van der Waals surface area contributed by atoms with E-state index in [1.54, 1.807) is 6.20 Å². The molecule has 2 aliphatic rings. The van der Waals surface area contributed by atoms with Gasteiger partial charge in [0.2, 0.25) is 5.91 Å². The van der Waals surface area contributed by atoms with E-state index in [9.17, 15) is 4.79 Å². The SMILES string of the molecule is CCOON/C=C(\N)Cn1cc2c3c(cccc31)C1=C[C@@H](C(=O)N(CC)CC)CN(C)[C@]1(C)C2. The van der Waals surface area contributed by atoms with Gasteiger partial charge in [-0.05, 0) is 63.9 Å². The highest BCUT2D eigenvalue weighted by molar-refractivity contribution is 6.01. The number of aromatic nitrogens is 1. The molecule has 0 unspecified atom stereocenters. The lowest BCUT2D eigenvalue weighted by Gasteiger charge is -2.48. The Labute approximate surface area is 201 Å². The van der Waals surface area contributed by atoms with Crippen molar-refractivity contribution in [2.24, 2.45) is 11.7 Å². The number of fused-ring (bicyclic) bond motifs is 2. The summed E-state index contributed by atoms with van der Waals surface area (Å²) in [6.45, 7) is 11.4. The van der Waals surface area contributed by atoms with Crippen LogP contribution in [0.15, 0.2) is 42.4 Å². The van der Waals surface area contributed by atoms with Crippen LogP contribution in [0.1, 0.15) is 38.8 Å². The molecule has 2 aromatic rings. The Morgan fingerprint density at radius 2 is 2.09 bits per heavy atom. The van der Waals surface area contributed by atoms with Gasteiger partial charge < -0.3 is 15.2 Å². The van der Waals surface area contributed by atoms with Crippen LogP contribution in [0.5, 0.6) is 0 Å². The lowest BCUT2D eigenvalue weighted by molar-refractivity contribution is -0.324. The fourth-order valence-electron chi connectivity index (χ4n) is 5.40. The average molecular weight is 468 g/mol. The number of amides is 1. The number of hydroxylamine groups is 1. The molecule has 2 heterocycles. The number of carbonyl (C=O) groups excluding carboxylic acids is 1. The molecule has 1 aliphatic carbocycles. The minimum Gasteiger partial charge on any atom is -0.399 e. The van der Waals surface area contributed by atoms with E-state index in [1.807, 2.05) is 25.7 Å². The predicted molar refractivity (Wildman–Crippen MR) is 134 cm³/mol. The van der Waals surface area contributed by atoms with E-state index >= 15 is 0 Å². The third kappa shape index (κ3) is 4.21. The predicted octanol–water partition coefficient (Wildman–Crippen LogP) is 3.04. The van der Waals surface area contributed by atoms with Crippen molar-refractivity contribution >= 4 is 22.4 Å². The maximum absolute atomic E-state index is 13.2. The molecular weight excluding hydrogens is 430 g/mol. The van der Waals surface area contributed by atoms with Crippen LogP contribution in [-0.4, -0.2) is 59.1 Å². The highest BCUT2D eigenvalue weighted by Crippen LogP contribution is 2.47. The molecule has 0 spiro atoms. The molecule has 0 radical (unpaired) electrons. The number of carbonyl (C=O) groups is 1. The molecule has 4 rings (SSSR count). The van der Waals surface area contributed by atoms with Crippen LogP contribution in [0.2, 0.25) is 0 Å². The number of hydrogen-bond acceptors (Lipinski definition) is 6. The van der Waals surface area contributed by atoms with Crippen LogP contribution in [0.3, 0.4) is 0 Å². The first-order chi connectivity index (χ1) is 16.3. The van der Waals surface area contributed by atoms with Gasteiger partial charge in [-0.15, -0.1) is 4.99 Å². The van der Waals surface area contributed by atoms with E-state index in [0.29, 0.717) is 18.8 Å². The third-order valence-electron chi connectivity index (χ3n) is 7.29. The van der Waals surface area contributed by atoms with Crippen molar-refractivity contribution in [2.45, 2.75) is 46.2 Å². The van der Waals surface area contributed by atoms with Crippen molar-refractivity contribution < 1.29 is 14.7 Å². The van der Waals surface area contributed by atoms with Crippen molar-refractivity contribution in [1.82, 2.24) is 19.8 Å². The summed E-state index contributed by atoms with van der Waals surface area (Å²) < 4.78 is 2.18. The number of hydrogen-bond donors (Lipinski definition) is 2. The minimum absolute atomic E-state index is 0.137. The van der Waals surface area contributed by atoms with Crippen LogP contribution in [0.25, 0.3) is 16.5 Å². The summed E-state index contributed by atoms with van der Waals surface area (Å²) in [6.07, 6.45) is 6.93. The number of nitrogens with two attached hydrogens (primary N) is 1. The van der Waals surface area contributed by atoms with Gasteiger partial charge in [0, 0.05) is 54.2 Å². The zero-order chi connectivity index (χ0) is 24.5. The molecule has 8 heteroatoms. The monoisotopic (exact) mass is 467 g/mol. The Hall–Kier alpha value is -2.81. The van der Waals surface area contributed by atoms with Crippen molar-refractivity contribution in [1.29, 1.82) is 0 Å².